The highest BCUT2D eigenvalue weighted by atomic mass is 35.5. The van der Waals surface area contributed by atoms with Gasteiger partial charge in [0, 0.05) is 50.4 Å². The number of ether oxygens (including phenoxy) is 2. The van der Waals surface area contributed by atoms with E-state index >= 15 is 0 Å². The van der Waals surface area contributed by atoms with Crippen LogP contribution in [-0.2, 0) is 22.5 Å². The maximum absolute atomic E-state index is 14.2. The van der Waals surface area contributed by atoms with E-state index in [2.05, 4.69) is 33.3 Å². The highest BCUT2D eigenvalue weighted by Gasteiger charge is 2.40. The number of nitrogens with zero attached hydrogens (tertiary/aromatic N) is 3. The van der Waals surface area contributed by atoms with Crippen LogP contribution in [0.15, 0.2) is 48.7 Å². The number of methoxy groups -OCH3 is 1. The van der Waals surface area contributed by atoms with Crippen LogP contribution < -0.4 is 15.0 Å². The second-order valence-electron chi connectivity index (χ2n) is 12.6. The summed E-state index contributed by atoms with van der Waals surface area (Å²) in [6.45, 7) is 6.21. The largest absolute Gasteiger partial charge is 0.485 e. The second-order valence-corrected chi connectivity index (χ2v) is 13.8. The van der Waals surface area contributed by atoms with Crippen molar-refractivity contribution < 1.29 is 14.3 Å². The van der Waals surface area contributed by atoms with E-state index in [-0.39, 0.29) is 29.9 Å². The molecule has 6 rings (SSSR count). The molecule has 3 heterocycles. The third kappa shape index (κ3) is 7.71. The average molecular weight is 672 g/mol. The van der Waals surface area contributed by atoms with Crippen molar-refractivity contribution in [2.24, 2.45) is 5.92 Å². The van der Waals surface area contributed by atoms with Gasteiger partial charge in [0.1, 0.15) is 11.9 Å². The number of nitrogens with one attached hydrogen (secondary N) is 1. The zero-order valence-electron chi connectivity index (χ0n) is 25.9. The number of aromatic nitrogens is 1. The van der Waals surface area contributed by atoms with Crippen molar-refractivity contribution in [3.63, 3.8) is 0 Å². The molecule has 1 N–H and O–H groups in total. The van der Waals surface area contributed by atoms with Crippen LogP contribution in [0.3, 0.4) is 0 Å². The van der Waals surface area contributed by atoms with Crippen LogP contribution in [0.4, 0.5) is 5.82 Å². The number of carbonyl (C=O) groups is 1. The molecule has 1 aromatic heterocycles. The van der Waals surface area contributed by atoms with Gasteiger partial charge in [-0.1, -0.05) is 53.0 Å². The lowest BCUT2D eigenvalue weighted by molar-refractivity contribution is -0.138. The third-order valence-corrected chi connectivity index (χ3v) is 10.1. The summed E-state index contributed by atoms with van der Waals surface area (Å²) in [5, 5.41) is 5.25. The first kappa shape index (κ1) is 32.4. The number of amides is 1. The lowest BCUT2D eigenvalue weighted by Gasteiger charge is -2.36. The molecule has 45 heavy (non-hydrogen) atoms. The van der Waals surface area contributed by atoms with Crippen molar-refractivity contribution in [3.05, 3.63) is 86.0 Å². The molecule has 1 amide bonds. The summed E-state index contributed by atoms with van der Waals surface area (Å²) >= 11 is 19.5. The van der Waals surface area contributed by atoms with E-state index in [0.29, 0.717) is 47.1 Å². The van der Waals surface area contributed by atoms with Gasteiger partial charge >= 0.3 is 0 Å². The fourth-order valence-corrected chi connectivity index (χ4v) is 7.48. The molecule has 1 aliphatic carbocycles. The van der Waals surface area contributed by atoms with Crippen LogP contribution in [0.2, 0.25) is 15.1 Å². The molecule has 0 spiro atoms. The third-order valence-electron chi connectivity index (χ3n) is 9.21. The van der Waals surface area contributed by atoms with Gasteiger partial charge in [0.05, 0.1) is 29.1 Å². The van der Waals surface area contributed by atoms with E-state index in [9.17, 15) is 4.79 Å². The molecule has 3 aliphatic rings. The van der Waals surface area contributed by atoms with Gasteiger partial charge in [0.15, 0.2) is 5.75 Å². The zero-order chi connectivity index (χ0) is 31.5. The Kier molecular flexibility index (Phi) is 10.4. The Hall–Kier alpha value is -2.55. The number of anilines is 1. The highest BCUT2D eigenvalue weighted by molar-refractivity contribution is 6.37. The van der Waals surface area contributed by atoms with Crippen molar-refractivity contribution in [2.75, 3.05) is 44.8 Å². The van der Waals surface area contributed by atoms with E-state index in [0.717, 1.165) is 67.7 Å². The quantitative estimate of drug-likeness (QED) is 0.235. The first-order chi connectivity index (χ1) is 21.8. The molecule has 7 nitrogen and oxygen atoms in total. The van der Waals surface area contributed by atoms with Crippen molar-refractivity contribution in [1.29, 1.82) is 0 Å². The first-order valence-electron chi connectivity index (χ1n) is 15.9. The SMILES string of the molecule is COCCc1ccc(Cl)c(CN(C(=O)C2CNCCC2c2ccc(N3CC[C@@H](Oc4c(Cl)cc(C)cc4Cl)C3)nc2)C2CC2)c1. The van der Waals surface area contributed by atoms with Gasteiger partial charge in [-0.3, -0.25) is 4.79 Å². The maximum Gasteiger partial charge on any atom is 0.228 e. The van der Waals surface area contributed by atoms with Gasteiger partial charge in [-0.05, 0) is 91.6 Å². The Balaban J connectivity index is 1.13. The number of benzene rings is 2. The maximum atomic E-state index is 14.2. The molecular weight excluding hydrogens is 631 g/mol. The Bertz CT molecular complexity index is 1480. The molecule has 1 saturated carbocycles. The summed E-state index contributed by atoms with van der Waals surface area (Å²) in [6, 6.07) is 14.4. The summed E-state index contributed by atoms with van der Waals surface area (Å²) in [6.07, 6.45) is 6.57. The normalized spacial score (nSPS) is 21.6. The summed E-state index contributed by atoms with van der Waals surface area (Å²) < 4.78 is 11.5. The number of rotatable bonds is 11. The van der Waals surface area contributed by atoms with Crippen molar-refractivity contribution in [2.45, 2.75) is 63.6 Å². The van der Waals surface area contributed by atoms with E-state index < -0.39 is 0 Å². The number of carbonyl (C=O) groups excluding carboxylic acids is 1. The fraction of sp³-hybridized carbons (Fsp3) is 0.486. The second kappa shape index (κ2) is 14.5. The monoisotopic (exact) mass is 670 g/mol. The molecule has 2 aliphatic heterocycles. The Morgan fingerprint density at radius 3 is 2.56 bits per heavy atom. The van der Waals surface area contributed by atoms with Gasteiger partial charge in [-0.25, -0.2) is 4.98 Å². The van der Waals surface area contributed by atoms with Crippen LogP contribution in [0, 0.1) is 12.8 Å². The van der Waals surface area contributed by atoms with E-state index in [1.807, 2.05) is 37.4 Å². The molecule has 2 aromatic carbocycles. The van der Waals surface area contributed by atoms with Crippen molar-refractivity contribution in [1.82, 2.24) is 15.2 Å². The summed E-state index contributed by atoms with van der Waals surface area (Å²) in [5.74, 6) is 1.60. The van der Waals surface area contributed by atoms with E-state index in [1.54, 1.807) is 7.11 Å². The molecule has 2 unspecified atom stereocenters. The van der Waals surface area contributed by atoms with Crippen molar-refractivity contribution >= 4 is 46.5 Å². The predicted octanol–water partition coefficient (Wildman–Crippen LogP) is 7.08. The lowest BCUT2D eigenvalue weighted by Crippen LogP contribution is -2.47. The predicted molar refractivity (Wildman–Crippen MR) is 181 cm³/mol. The van der Waals surface area contributed by atoms with Crippen LogP contribution in [0.1, 0.15) is 53.9 Å². The molecule has 10 heteroatoms. The molecular formula is C35H41Cl3N4O3. The Labute approximate surface area is 281 Å². The van der Waals surface area contributed by atoms with Gasteiger partial charge in [-0.2, -0.15) is 0 Å². The minimum atomic E-state index is -0.156. The van der Waals surface area contributed by atoms with Gasteiger partial charge in [0.2, 0.25) is 5.91 Å². The fourth-order valence-electron chi connectivity index (χ4n) is 6.61. The minimum absolute atomic E-state index is 0.0295. The van der Waals surface area contributed by atoms with Crippen LogP contribution in [-0.4, -0.2) is 67.8 Å². The van der Waals surface area contributed by atoms with E-state index in [1.165, 1.54) is 5.56 Å². The van der Waals surface area contributed by atoms with Gasteiger partial charge in [0.25, 0.3) is 0 Å². The number of pyridine rings is 1. The molecule has 2 saturated heterocycles. The van der Waals surface area contributed by atoms with E-state index in [4.69, 9.17) is 49.3 Å². The van der Waals surface area contributed by atoms with Crippen LogP contribution in [0.5, 0.6) is 5.75 Å². The highest BCUT2D eigenvalue weighted by Crippen LogP contribution is 2.38. The molecule has 0 bridgehead atoms. The molecule has 3 atom stereocenters. The topological polar surface area (TPSA) is 66.9 Å². The molecule has 0 radical (unpaired) electrons. The number of hydrogen-bond acceptors (Lipinski definition) is 6. The summed E-state index contributed by atoms with van der Waals surface area (Å²) in [7, 11) is 1.71. The zero-order valence-corrected chi connectivity index (χ0v) is 28.2. The smallest absolute Gasteiger partial charge is 0.228 e. The molecule has 240 valence electrons. The van der Waals surface area contributed by atoms with Crippen LogP contribution >= 0.6 is 34.8 Å². The Morgan fingerprint density at radius 1 is 1.04 bits per heavy atom. The number of aryl methyl sites for hydroxylation is 1. The number of hydrogen-bond donors (Lipinski definition) is 1. The number of halogens is 3. The van der Waals surface area contributed by atoms with Gasteiger partial charge < -0.3 is 24.6 Å². The van der Waals surface area contributed by atoms with Gasteiger partial charge in [-0.15, -0.1) is 0 Å². The summed E-state index contributed by atoms with van der Waals surface area (Å²) in [4.78, 5) is 23.4. The number of piperidine rings is 1. The first-order valence-corrected chi connectivity index (χ1v) is 17.0. The molecule has 3 fully saturated rings. The van der Waals surface area contributed by atoms with Crippen LogP contribution in [0.25, 0.3) is 0 Å². The standard InChI is InChI=1S/C35H41Cl3N4O3/c1-22-15-31(37)34(32(38)16-22)45-27-10-13-41(21-27)33-8-4-24(18-40-33)28-9-12-39-19-29(28)35(43)42(26-5-6-26)20-25-17-23(11-14-44-2)3-7-30(25)36/h3-4,7-8,15-18,26-29,39H,5-6,9-14,19-21H2,1-2H3/t27-,28?,29?/m1/s1. The Morgan fingerprint density at radius 2 is 1.84 bits per heavy atom. The minimum Gasteiger partial charge on any atom is -0.485 e. The lowest BCUT2D eigenvalue weighted by atomic mass is 9.80. The summed E-state index contributed by atoms with van der Waals surface area (Å²) in [5.41, 5.74) is 4.28. The average Bonchev–Trinajstić information content (AvgIpc) is 3.78. The van der Waals surface area contributed by atoms with Crippen molar-refractivity contribution in [3.8, 4) is 5.75 Å². The molecule has 3 aromatic rings.